The molecule has 108 valence electrons. The van der Waals surface area contributed by atoms with Crippen LogP contribution >= 0.6 is 11.8 Å². The molecule has 1 N–H and O–H groups in total. The number of hydrogen-bond donors (Lipinski definition) is 1. The first-order valence-electron chi connectivity index (χ1n) is 6.00. The standard InChI is InChI=1S/C13H15F2N3OS/c1-9(20-2)13(19,6-18-8-16-7-17-18)11-5-10(14)3-4-12(11)15/h3-5,7-9,19H,6H2,1-2H3/t9-,13-/m1/s1. The van der Waals surface area contributed by atoms with Gasteiger partial charge in [0, 0.05) is 10.8 Å². The van der Waals surface area contributed by atoms with Crippen molar-refractivity contribution in [1.29, 1.82) is 0 Å². The number of thioether (sulfide) groups is 1. The molecule has 0 aliphatic rings. The van der Waals surface area contributed by atoms with Crippen LogP contribution in [0.15, 0.2) is 30.9 Å². The Balaban J connectivity index is 2.48. The van der Waals surface area contributed by atoms with E-state index in [-0.39, 0.29) is 17.4 Å². The van der Waals surface area contributed by atoms with E-state index in [0.29, 0.717) is 0 Å². The van der Waals surface area contributed by atoms with Crippen LogP contribution in [0.3, 0.4) is 0 Å². The van der Waals surface area contributed by atoms with Crippen LogP contribution in [0.1, 0.15) is 12.5 Å². The van der Waals surface area contributed by atoms with E-state index in [1.165, 1.54) is 29.1 Å². The number of benzene rings is 1. The first kappa shape index (κ1) is 14.9. The number of aromatic nitrogens is 3. The van der Waals surface area contributed by atoms with E-state index in [4.69, 9.17) is 0 Å². The maximum absolute atomic E-state index is 14.0. The lowest BCUT2D eigenvalue weighted by atomic mass is 9.90. The van der Waals surface area contributed by atoms with Crippen LogP contribution in [0.25, 0.3) is 0 Å². The summed E-state index contributed by atoms with van der Waals surface area (Å²) in [6.45, 7) is 1.75. The van der Waals surface area contributed by atoms with E-state index in [2.05, 4.69) is 10.1 Å². The molecule has 0 bridgehead atoms. The summed E-state index contributed by atoms with van der Waals surface area (Å²) in [5.41, 5.74) is -1.66. The van der Waals surface area contributed by atoms with Crippen LogP contribution in [0.4, 0.5) is 8.78 Å². The Bertz CT molecular complexity index is 579. The lowest BCUT2D eigenvalue weighted by Crippen LogP contribution is -2.41. The highest BCUT2D eigenvalue weighted by Crippen LogP contribution is 2.35. The second kappa shape index (κ2) is 5.88. The Labute approximate surface area is 119 Å². The monoisotopic (exact) mass is 299 g/mol. The zero-order chi connectivity index (χ0) is 14.8. The zero-order valence-corrected chi connectivity index (χ0v) is 11.9. The van der Waals surface area contributed by atoms with Crippen LogP contribution in [-0.4, -0.2) is 31.4 Å². The highest BCUT2D eigenvalue weighted by atomic mass is 32.2. The largest absolute Gasteiger partial charge is 0.382 e. The molecule has 1 heterocycles. The van der Waals surface area contributed by atoms with Crippen molar-refractivity contribution in [3.63, 3.8) is 0 Å². The molecule has 0 radical (unpaired) electrons. The van der Waals surface area contributed by atoms with E-state index < -0.39 is 17.2 Å². The highest BCUT2D eigenvalue weighted by molar-refractivity contribution is 7.99. The van der Waals surface area contributed by atoms with Crippen molar-refractivity contribution >= 4 is 11.8 Å². The molecular formula is C13H15F2N3OS. The predicted molar refractivity (Wildman–Crippen MR) is 73.3 cm³/mol. The van der Waals surface area contributed by atoms with Crippen LogP contribution in [-0.2, 0) is 12.1 Å². The van der Waals surface area contributed by atoms with Gasteiger partial charge in [-0.3, -0.25) is 0 Å². The Morgan fingerprint density at radius 3 is 2.80 bits per heavy atom. The van der Waals surface area contributed by atoms with E-state index in [1.54, 1.807) is 13.2 Å². The highest BCUT2D eigenvalue weighted by Gasteiger charge is 2.39. The van der Waals surface area contributed by atoms with Crippen molar-refractivity contribution in [3.05, 3.63) is 48.1 Å². The van der Waals surface area contributed by atoms with Gasteiger partial charge in [-0.2, -0.15) is 16.9 Å². The minimum absolute atomic E-state index is 0.00458. The van der Waals surface area contributed by atoms with Crippen molar-refractivity contribution in [3.8, 4) is 0 Å². The van der Waals surface area contributed by atoms with Gasteiger partial charge in [-0.25, -0.2) is 18.4 Å². The number of aliphatic hydroxyl groups is 1. The second-order valence-corrected chi connectivity index (χ2v) is 5.70. The average Bonchev–Trinajstić information content (AvgIpc) is 2.93. The number of halogens is 2. The average molecular weight is 299 g/mol. The fraction of sp³-hybridized carbons (Fsp3) is 0.385. The maximum Gasteiger partial charge on any atom is 0.137 e. The maximum atomic E-state index is 14.0. The lowest BCUT2D eigenvalue weighted by molar-refractivity contribution is 0.0132. The van der Waals surface area contributed by atoms with E-state index in [9.17, 15) is 13.9 Å². The van der Waals surface area contributed by atoms with Crippen molar-refractivity contribution in [2.24, 2.45) is 0 Å². The quantitative estimate of drug-likeness (QED) is 0.919. The van der Waals surface area contributed by atoms with Gasteiger partial charge in [0.25, 0.3) is 0 Å². The Morgan fingerprint density at radius 1 is 1.45 bits per heavy atom. The molecule has 1 aromatic carbocycles. The Hall–Kier alpha value is -1.47. The topological polar surface area (TPSA) is 50.9 Å². The molecule has 0 unspecified atom stereocenters. The van der Waals surface area contributed by atoms with Gasteiger partial charge in [0.05, 0.1) is 6.54 Å². The fourth-order valence-corrected chi connectivity index (χ4v) is 2.61. The van der Waals surface area contributed by atoms with Crippen LogP contribution in [0, 0.1) is 11.6 Å². The van der Waals surface area contributed by atoms with Gasteiger partial charge in [-0.15, -0.1) is 0 Å². The van der Waals surface area contributed by atoms with Gasteiger partial charge >= 0.3 is 0 Å². The van der Waals surface area contributed by atoms with Gasteiger partial charge in [0.15, 0.2) is 0 Å². The lowest BCUT2D eigenvalue weighted by Gasteiger charge is -2.33. The molecule has 20 heavy (non-hydrogen) atoms. The molecule has 0 saturated heterocycles. The van der Waals surface area contributed by atoms with Gasteiger partial charge in [-0.05, 0) is 24.5 Å². The minimum atomic E-state index is -1.58. The summed E-state index contributed by atoms with van der Waals surface area (Å²) >= 11 is 1.36. The molecule has 2 rings (SSSR count). The van der Waals surface area contributed by atoms with Crippen molar-refractivity contribution < 1.29 is 13.9 Å². The molecule has 4 nitrogen and oxygen atoms in total. The normalized spacial score (nSPS) is 15.8. The zero-order valence-electron chi connectivity index (χ0n) is 11.1. The van der Waals surface area contributed by atoms with Gasteiger partial charge in [0.2, 0.25) is 0 Å². The fourth-order valence-electron chi connectivity index (χ4n) is 2.02. The van der Waals surface area contributed by atoms with E-state index in [0.717, 1.165) is 18.2 Å². The smallest absolute Gasteiger partial charge is 0.137 e. The van der Waals surface area contributed by atoms with Crippen molar-refractivity contribution in [2.45, 2.75) is 24.3 Å². The molecule has 0 saturated carbocycles. The number of rotatable bonds is 5. The predicted octanol–water partition coefficient (Wildman–Crippen LogP) is 2.20. The van der Waals surface area contributed by atoms with Gasteiger partial charge < -0.3 is 5.11 Å². The van der Waals surface area contributed by atoms with Crippen LogP contribution < -0.4 is 0 Å². The summed E-state index contributed by atoms with van der Waals surface area (Å²) in [7, 11) is 0. The molecule has 0 fully saturated rings. The van der Waals surface area contributed by atoms with Crippen molar-refractivity contribution in [1.82, 2.24) is 14.8 Å². The third-order valence-corrected chi connectivity index (χ3v) is 4.39. The first-order chi connectivity index (χ1) is 9.47. The third-order valence-electron chi connectivity index (χ3n) is 3.29. The molecule has 1 aromatic heterocycles. The SMILES string of the molecule is CS[C@H](C)[C@](O)(Cn1cncn1)c1cc(F)ccc1F. The molecular weight excluding hydrogens is 284 g/mol. The van der Waals surface area contributed by atoms with Crippen LogP contribution in [0.5, 0.6) is 0 Å². The summed E-state index contributed by atoms with van der Waals surface area (Å²) in [5.74, 6) is -1.23. The van der Waals surface area contributed by atoms with E-state index >= 15 is 0 Å². The molecule has 0 aliphatic carbocycles. The second-order valence-electron chi connectivity index (χ2n) is 4.52. The molecule has 7 heteroatoms. The van der Waals surface area contributed by atoms with Crippen LogP contribution in [0.2, 0.25) is 0 Å². The summed E-state index contributed by atoms with van der Waals surface area (Å²) in [6, 6.07) is 3.07. The molecule has 0 amide bonds. The van der Waals surface area contributed by atoms with E-state index in [1.807, 2.05) is 0 Å². The summed E-state index contributed by atoms with van der Waals surface area (Å²) in [6.07, 6.45) is 4.55. The third kappa shape index (κ3) is 2.83. The number of hydrogen-bond acceptors (Lipinski definition) is 4. The summed E-state index contributed by atoms with van der Waals surface area (Å²) < 4.78 is 28.8. The summed E-state index contributed by atoms with van der Waals surface area (Å²) in [4.78, 5) is 3.79. The molecule has 0 spiro atoms. The molecule has 2 aromatic rings. The Kier molecular flexibility index (Phi) is 4.39. The van der Waals surface area contributed by atoms with Crippen molar-refractivity contribution in [2.75, 3.05) is 6.26 Å². The summed E-state index contributed by atoms with van der Waals surface area (Å²) in [5, 5.41) is 14.5. The van der Waals surface area contributed by atoms with Gasteiger partial charge in [0.1, 0.15) is 29.9 Å². The minimum Gasteiger partial charge on any atom is -0.382 e. The molecule has 0 aliphatic heterocycles. The first-order valence-corrected chi connectivity index (χ1v) is 7.29. The van der Waals surface area contributed by atoms with Gasteiger partial charge in [-0.1, -0.05) is 6.92 Å². The number of nitrogens with zero attached hydrogens (tertiary/aromatic N) is 3. The Morgan fingerprint density at radius 2 is 2.20 bits per heavy atom. The molecule has 2 atom stereocenters.